The van der Waals surface area contributed by atoms with Gasteiger partial charge in [-0.05, 0) is 67.9 Å². The van der Waals surface area contributed by atoms with Crippen LogP contribution in [0.15, 0.2) is 47.6 Å². The molecule has 154 valence electrons. The van der Waals surface area contributed by atoms with Crippen molar-refractivity contribution in [2.75, 3.05) is 17.2 Å². The zero-order chi connectivity index (χ0) is 20.5. The maximum Gasteiger partial charge on any atom is 0.237 e. The zero-order valence-electron chi connectivity index (χ0n) is 17.3. The Kier molecular flexibility index (Phi) is 5.34. The van der Waals surface area contributed by atoms with E-state index in [1.54, 1.807) is 0 Å². The molecule has 2 aliphatic rings. The van der Waals surface area contributed by atoms with Crippen molar-refractivity contribution in [3.8, 4) is 11.4 Å². The lowest BCUT2D eigenvalue weighted by Gasteiger charge is -2.17. The number of amides is 1. The standard InChI is InChI=1S/C24H26N4OS/c1-2-27-23(20-12-11-17-7-3-4-9-19(17)15-20)25-26-24(27)30-16-22(29)28-14-13-18-8-5-6-10-21(18)28/h5-6,8,10-12,15H,2-4,7,9,13-14,16H2,1H3. The Morgan fingerprint density at radius 1 is 1.00 bits per heavy atom. The van der Waals surface area contributed by atoms with Crippen molar-refractivity contribution in [1.82, 2.24) is 14.8 Å². The Bertz CT molecular complexity index is 1090. The van der Waals surface area contributed by atoms with Gasteiger partial charge in [0.2, 0.25) is 5.91 Å². The molecule has 0 bridgehead atoms. The quantitative estimate of drug-likeness (QED) is 0.572. The second-order valence-electron chi connectivity index (χ2n) is 7.95. The fourth-order valence-corrected chi connectivity index (χ4v) is 5.45. The van der Waals surface area contributed by atoms with Crippen LogP contribution in [0.1, 0.15) is 36.5 Å². The second kappa shape index (κ2) is 8.26. The number of aromatic nitrogens is 3. The third kappa shape index (κ3) is 3.54. The van der Waals surface area contributed by atoms with Crippen LogP contribution in [0.4, 0.5) is 5.69 Å². The fraction of sp³-hybridized carbons (Fsp3) is 0.375. The third-order valence-electron chi connectivity index (χ3n) is 6.15. The number of carbonyl (C=O) groups excluding carboxylic acids is 1. The van der Waals surface area contributed by atoms with Crippen molar-refractivity contribution in [1.29, 1.82) is 0 Å². The first-order valence-corrected chi connectivity index (χ1v) is 11.8. The SMILES string of the molecule is CCn1c(SCC(=O)N2CCc3ccccc32)nnc1-c1ccc2c(c1)CCCC2. The molecule has 1 aliphatic heterocycles. The zero-order valence-corrected chi connectivity index (χ0v) is 18.1. The van der Waals surface area contributed by atoms with E-state index >= 15 is 0 Å². The first kappa shape index (κ1) is 19.4. The van der Waals surface area contributed by atoms with Crippen LogP contribution in [0.3, 0.4) is 0 Å². The minimum atomic E-state index is 0.130. The molecule has 6 heteroatoms. The van der Waals surface area contributed by atoms with E-state index in [1.165, 1.54) is 47.7 Å². The van der Waals surface area contributed by atoms with Gasteiger partial charge in [0.25, 0.3) is 0 Å². The molecule has 30 heavy (non-hydrogen) atoms. The highest BCUT2D eigenvalue weighted by Gasteiger charge is 2.25. The molecule has 0 radical (unpaired) electrons. The molecule has 0 saturated heterocycles. The highest BCUT2D eigenvalue weighted by molar-refractivity contribution is 7.99. The van der Waals surface area contributed by atoms with Gasteiger partial charge >= 0.3 is 0 Å². The van der Waals surface area contributed by atoms with E-state index in [0.717, 1.165) is 48.2 Å². The predicted octanol–water partition coefficient (Wildman–Crippen LogP) is 4.53. The Labute approximate surface area is 181 Å². The number of fused-ring (bicyclic) bond motifs is 2. The molecule has 5 nitrogen and oxygen atoms in total. The lowest BCUT2D eigenvalue weighted by atomic mass is 9.90. The topological polar surface area (TPSA) is 51.0 Å². The summed E-state index contributed by atoms with van der Waals surface area (Å²) in [6.07, 6.45) is 5.81. The third-order valence-corrected chi connectivity index (χ3v) is 7.10. The van der Waals surface area contributed by atoms with E-state index in [2.05, 4.69) is 46.0 Å². The van der Waals surface area contributed by atoms with Crippen LogP contribution >= 0.6 is 11.8 Å². The molecule has 3 aromatic rings. The summed E-state index contributed by atoms with van der Waals surface area (Å²) in [5.74, 6) is 1.40. The largest absolute Gasteiger partial charge is 0.311 e. The summed E-state index contributed by atoms with van der Waals surface area (Å²) in [6, 6.07) is 14.9. The van der Waals surface area contributed by atoms with Crippen molar-refractivity contribution in [2.24, 2.45) is 0 Å². The fourth-order valence-electron chi connectivity index (χ4n) is 4.57. The molecule has 0 N–H and O–H groups in total. The molecule has 1 aliphatic carbocycles. The van der Waals surface area contributed by atoms with Crippen LogP contribution in [0.2, 0.25) is 0 Å². The molecule has 1 aromatic heterocycles. The number of nitrogens with zero attached hydrogens (tertiary/aromatic N) is 4. The Morgan fingerprint density at radius 3 is 2.70 bits per heavy atom. The second-order valence-corrected chi connectivity index (χ2v) is 8.90. The van der Waals surface area contributed by atoms with E-state index in [1.807, 2.05) is 23.1 Å². The van der Waals surface area contributed by atoms with Crippen LogP contribution in [0, 0.1) is 0 Å². The summed E-state index contributed by atoms with van der Waals surface area (Å²) < 4.78 is 2.13. The monoisotopic (exact) mass is 418 g/mol. The van der Waals surface area contributed by atoms with Gasteiger partial charge in [0.05, 0.1) is 5.75 Å². The first-order chi connectivity index (χ1) is 14.7. The number of rotatable bonds is 5. The maximum atomic E-state index is 12.9. The van der Waals surface area contributed by atoms with Gasteiger partial charge in [-0.2, -0.15) is 0 Å². The number of thioether (sulfide) groups is 1. The number of benzene rings is 2. The molecule has 2 aromatic carbocycles. The summed E-state index contributed by atoms with van der Waals surface area (Å²) in [5.41, 5.74) is 6.34. The predicted molar refractivity (Wildman–Crippen MR) is 121 cm³/mol. The van der Waals surface area contributed by atoms with Crippen molar-refractivity contribution < 1.29 is 4.79 Å². The van der Waals surface area contributed by atoms with Crippen LogP contribution in [-0.4, -0.2) is 33.0 Å². The van der Waals surface area contributed by atoms with E-state index in [-0.39, 0.29) is 5.91 Å². The van der Waals surface area contributed by atoms with Gasteiger partial charge < -0.3 is 9.47 Å². The molecular weight excluding hydrogens is 392 g/mol. The first-order valence-electron chi connectivity index (χ1n) is 10.8. The van der Waals surface area contributed by atoms with Crippen LogP contribution < -0.4 is 4.90 Å². The number of carbonyl (C=O) groups is 1. The molecule has 1 amide bonds. The smallest absolute Gasteiger partial charge is 0.237 e. The number of anilines is 1. The Morgan fingerprint density at radius 2 is 1.83 bits per heavy atom. The molecular formula is C24H26N4OS. The van der Waals surface area contributed by atoms with Crippen molar-refractivity contribution in [3.63, 3.8) is 0 Å². The van der Waals surface area contributed by atoms with Crippen LogP contribution in [-0.2, 0) is 30.6 Å². The minimum Gasteiger partial charge on any atom is -0.311 e. The van der Waals surface area contributed by atoms with Gasteiger partial charge in [-0.15, -0.1) is 10.2 Å². The number of para-hydroxylation sites is 1. The average molecular weight is 419 g/mol. The summed E-state index contributed by atoms with van der Waals surface area (Å²) in [4.78, 5) is 14.8. The van der Waals surface area contributed by atoms with Gasteiger partial charge in [-0.25, -0.2) is 0 Å². The molecule has 0 saturated carbocycles. The normalized spacial score (nSPS) is 15.2. The average Bonchev–Trinajstić information content (AvgIpc) is 3.41. The maximum absolute atomic E-state index is 12.9. The van der Waals surface area contributed by atoms with E-state index in [9.17, 15) is 4.79 Å². The van der Waals surface area contributed by atoms with E-state index in [0.29, 0.717) is 5.75 Å². The van der Waals surface area contributed by atoms with E-state index < -0.39 is 0 Å². The highest BCUT2D eigenvalue weighted by atomic mass is 32.2. The molecule has 5 rings (SSSR count). The summed E-state index contributed by atoms with van der Waals surface area (Å²) >= 11 is 1.48. The van der Waals surface area contributed by atoms with Gasteiger partial charge in [0.1, 0.15) is 0 Å². The molecule has 0 unspecified atom stereocenters. The molecule has 0 spiro atoms. The van der Waals surface area contributed by atoms with E-state index in [4.69, 9.17) is 0 Å². The molecule has 0 fully saturated rings. The van der Waals surface area contributed by atoms with Gasteiger partial charge in [-0.1, -0.05) is 42.1 Å². The Hall–Kier alpha value is -2.60. The number of hydrogen-bond acceptors (Lipinski definition) is 4. The summed E-state index contributed by atoms with van der Waals surface area (Å²) in [6.45, 7) is 3.65. The van der Waals surface area contributed by atoms with Gasteiger partial charge in [0.15, 0.2) is 11.0 Å². The minimum absolute atomic E-state index is 0.130. The number of aryl methyl sites for hydroxylation is 2. The van der Waals surface area contributed by atoms with Gasteiger partial charge in [0, 0.05) is 24.3 Å². The lowest BCUT2D eigenvalue weighted by molar-refractivity contribution is -0.116. The summed E-state index contributed by atoms with van der Waals surface area (Å²) in [5, 5.41) is 9.72. The van der Waals surface area contributed by atoms with Crippen molar-refractivity contribution in [2.45, 2.75) is 50.7 Å². The van der Waals surface area contributed by atoms with Crippen LogP contribution in [0.25, 0.3) is 11.4 Å². The van der Waals surface area contributed by atoms with Crippen molar-refractivity contribution in [3.05, 3.63) is 59.2 Å². The highest BCUT2D eigenvalue weighted by Crippen LogP contribution is 2.31. The summed E-state index contributed by atoms with van der Waals surface area (Å²) in [7, 11) is 0. The Balaban J connectivity index is 1.33. The van der Waals surface area contributed by atoms with Crippen LogP contribution in [0.5, 0.6) is 0 Å². The number of hydrogen-bond donors (Lipinski definition) is 0. The van der Waals surface area contributed by atoms with Crippen molar-refractivity contribution >= 4 is 23.4 Å². The molecule has 0 atom stereocenters. The van der Waals surface area contributed by atoms with Gasteiger partial charge in [-0.3, -0.25) is 4.79 Å². The molecule has 2 heterocycles. The lowest BCUT2D eigenvalue weighted by Crippen LogP contribution is -2.30.